The summed E-state index contributed by atoms with van der Waals surface area (Å²) in [5.41, 5.74) is 8.29. The van der Waals surface area contributed by atoms with Gasteiger partial charge in [0.2, 0.25) is 5.91 Å². The van der Waals surface area contributed by atoms with E-state index in [9.17, 15) is 4.79 Å². The summed E-state index contributed by atoms with van der Waals surface area (Å²) in [6, 6.07) is 5.97. The fourth-order valence-corrected chi connectivity index (χ4v) is 1.90. The van der Waals surface area contributed by atoms with Gasteiger partial charge < -0.3 is 15.5 Å². The number of hydrogen-bond acceptors (Lipinski definition) is 3. The highest BCUT2D eigenvalue weighted by atomic mass is 16.3. The number of benzene rings is 1. The molecular formula is C14H18N2O2. The molecule has 0 aliphatic heterocycles. The van der Waals surface area contributed by atoms with Gasteiger partial charge in [0.1, 0.15) is 5.58 Å². The Morgan fingerprint density at radius 1 is 1.44 bits per heavy atom. The van der Waals surface area contributed by atoms with Gasteiger partial charge in [-0.15, -0.1) is 0 Å². The number of carbonyl (C=O) groups excluding carboxylic acids is 1. The topological polar surface area (TPSA) is 68.3 Å². The van der Waals surface area contributed by atoms with Crippen molar-refractivity contribution in [3.63, 3.8) is 0 Å². The summed E-state index contributed by atoms with van der Waals surface area (Å²) in [6.45, 7) is 3.25. The number of rotatable bonds is 5. The Bertz CT molecular complexity index is 546. The number of aryl methyl sites for hydroxylation is 1. The Balaban J connectivity index is 2.07. The molecule has 3 N–H and O–H groups in total. The molecule has 0 aliphatic rings. The highest BCUT2D eigenvalue weighted by Crippen LogP contribution is 2.22. The predicted molar refractivity (Wildman–Crippen MR) is 71.3 cm³/mol. The van der Waals surface area contributed by atoms with E-state index < -0.39 is 0 Å². The quantitative estimate of drug-likeness (QED) is 0.790. The van der Waals surface area contributed by atoms with Crippen LogP contribution in [0.2, 0.25) is 0 Å². The van der Waals surface area contributed by atoms with Gasteiger partial charge in [0.15, 0.2) is 0 Å². The Hall–Kier alpha value is -1.81. The summed E-state index contributed by atoms with van der Waals surface area (Å²) in [5, 5.41) is 3.86. The molecule has 0 atom stereocenters. The monoisotopic (exact) mass is 246 g/mol. The van der Waals surface area contributed by atoms with Gasteiger partial charge in [-0.3, -0.25) is 4.79 Å². The molecule has 2 rings (SSSR count). The number of amides is 1. The number of nitrogens with two attached hydrogens (primary N) is 1. The molecule has 4 nitrogen and oxygen atoms in total. The SMILES string of the molecule is Cc1ccc2occ(CC(=O)NCCCN)c2c1. The van der Waals surface area contributed by atoms with E-state index in [1.165, 1.54) is 0 Å². The summed E-state index contributed by atoms with van der Waals surface area (Å²) in [4.78, 5) is 11.7. The van der Waals surface area contributed by atoms with E-state index in [0.717, 1.165) is 28.5 Å². The highest BCUT2D eigenvalue weighted by molar-refractivity contribution is 5.87. The third kappa shape index (κ3) is 2.90. The molecule has 1 aromatic heterocycles. The van der Waals surface area contributed by atoms with Crippen LogP contribution in [-0.2, 0) is 11.2 Å². The smallest absolute Gasteiger partial charge is 0.224 e. The summed E-state index contributed by atoms with van der Waals surface area (Å²) >= 11 is 0. The molecule has 0 unspecified atom stereocenters. The maximum Gasteiger partial charge on any atom is 0.224 e. The van der Waals surface area contributed by atoms with Crippen LogP contribution in [0.25, 0.3) is 11.0 Å². The largest absolute Gasteiger partial charge is 0.464 e. The van der Waals surface area contributed by atoms with Gasteiger partial charge in [0.05, 0.1) is 12.7 Å². The zero-order chi connectivity index (χ0) is 13.0. The first-order valence-electron chi connectivity index (χ1n) is 6.14. The van der Waals surface area contributed by atoms with Gasteiger partial charge in [0.25, 0.3) is 0 Å². The van der Waals surface area contributed by atoms with Crippen LogP contribution < -0.4 is 11.1 Å². The van der Waals surface area contributed by atoms with E-state index in [2.05, 4.69) is 5.32 Å². The van der Waals surface area contributed by atoms with E-state index in [4.69, 9.17) is 10.2 Å². The zero-order valence-electron chi connectivity index (χ0n) is 10.5. The van der Waals surface area contributed by atoms with Crippen LogP contribution in [-0.4, -0.2) is 19.0 Å². The molecule has 0 spiro atoms. The Kier molecular flexibility index (Phi) is 3.99. The Morgan fingerprint density at radius 2 is 2.28 bits per heavy atom. The molecule has 1 amide bonds. The minimum Gasteiger partial charge on any atom is -0.464 e. The van der Waals surface area contributed by atoms with Crippen LogP contribution in [0.3, 0.4) is 0 Å². The molecule has 1 heterocycles. The van der Waals surface area contributed by atoms with Crippen molar-refractivity contribution in [1.82, 2.24) is 5.32 Å². The zero-order valence-corrected chi connectivity index (χ0v) is 10.5. The van der Waals surface area contributed by atoms with Crippen LogP contribution in [0.4, 0.5) is 0 Å². The first kappa shape index (κ1) is 12.6. The van der Waals surface area contributed by atoms with Crippen molar-refractivity contribution in [2.75, 3.05) is 13.1 Å². The van der Waals surface area contributed by atoms with E-state index in [0.29, 0.717) is 19.5 Å². The molecule has 96 valence electrons. The Morgan fingerprint density at radius 3 is 3.06 bits per heavy atom. The van der Waals surface area contributed by atoms with Crippen molar-refractivity contribution in [2.24, 2.45) is 5.73 Å². The van der Waals surface area contributed by atoms with Gasteiger partial charge in [-0.05, 0) is 32.0 Å². The molecule has 0 saturated heterocycles. The lowest BCUT2D eigenvalue weighted by Crippen LogP contribution is -2.27. The van der Waals surface area contributed by atoms with Crippen LogP contribution in [0.1, 0.15) is 17.5 Å². The Labute approximate surface area is 106 Å². The molecule has 2 aromatic rings. The number of carbonyl (C=O) groups is 1. The van der Waals surface area contributed by atoms with Crippen molar-refractivity contribution in [1.29, 1.82) is 0 Å². The number of furan rings is 1. The van der Waals surface area contributed by atoms with Crippen molar-refractivity contribution < 1.29 is 9.21 Å². The molecular weight excluding hydrogens is 228 g/mol. The first-order valence-corrected chi connectivity index (χ1v) is 6.14. The lowest BCUT2D eigenvalue weighted by atomic mass is 10.1. The summed E-state index contributed by atoms with van der Waals surface area (Å²) in [6.07, 6.45) is 2.81. The minimum absolute atomic E-state index is 0.00709. The van der Waals surface area contributed by atoms with Crippen LogP contribution in [0.5, 0.6) is 0 Å². The highest BCUT2D eigenvalue weighted by Gasteiger charge is 2.10. The van der Waals surface area contributed by atoms with E-state index in [1.54, 1.807) is 6.26 Å². The van der Waals surface area contributed by atoms with Crippen LogP contribution in [0.15, 0.2) is 28.9 Å². The molecule has 0 aliphatic carbocycles. The third-order valence-electron chi connectivity index (χ3n) is 2.86. The van der Waals surface area contributed by atoms with Crippen molar-refractivity contribution >= 4 is 16.9 Å². The number of fused-ring (bicyclic) bond motifs is 1. The molecule has 0 saturated carbocycles. The molecule has 1 aromatic carbocycles. The van der Waals surface area contributed by atoms with Crippen LogP contribution in [0, 0.1) is 6.92 Å². The van der Waals surface area contributed by atoms with E-state index in [-0.39, 0.29) is 5.91 Å². The average Bonchev–Trinajstić information content (AvgIpc) is 2.72. The maximum absolute atomic E-state index is 11.7. The summed E-state index contributed by atoms with van der Waals surface area (Å²) in [5.74, 6) is 0.00709. The van der Waals surface area contributed by atoms with Gasteiger partial charge in [0, 0.05) is 17.5 Å². The van der Waals surface area contributed by atoms with Crippen molar-refractivity contribution in [3.05, 3.63) is 35.6 Å². The van der Waals surface area contributed by atoms with Gasteiger partial charge in [-0.25, -0.2) is 0 Å². The number of hydrogen-bond donors (Lipinski definition) is 2. The molecule has 0 radical (unpaired) electrons. The number of nitrogens with one attached hydrogen (secondary N) is 1. The second-order valence-corrected chi connectivity index (χ2v) is 4.43. The summed E-state index contributed by atoms with van der Waals surface area (Å²) in [7, 11) is 0. The normalized spacial score (nSPS) is 10.8. The maximum atomic E-state index is 11.7. The van der Waals surface area contributed by atoms with E-state index in [1.807, 2.05) is 25.1 Å². The van der Waals surface area contributed by atoms with Crippen LogP contribution >= 0.6 is 0 Å². The predicted octanol–water partition coefficient (Wildman–Crippen LogP) is 1.75. The summed E-state index contributed by atoms with van der Waals surface area (Å²) < 4.78 is 5.43. The van der Waals surface area contributed by atoms with Gasteiger partial charge in [-0.1, -0.05) is 11.6 Å². The van der Waals surface area contributed by atoms with E-state index >= 15 is 0 Å². The van der Waals surface area contributed by atoms with Crippen molar-refractivity contribution in [3.8, 4) is 0 Å². The van der Waals surface area contributed by atoms with Gasteiger partial charge in [-0.2, -0.15) is 0 Å². The molecule has 0 fully saturated rings. The fourth-order valence-electron chi connectivity index (χ4n) is 1.90. The van der Waals surface area contributed by atoms with Gasteiger partial charge >= 0.3 is 0 Å². The lowest BCUT2D eigenvalue weighted by Gasteiger charge is -2.03. The standard InChI is InChI=1S/C14H18N2O2/c1-10-3-4-13-12(7-10)11(9-18-13)8-14(17)16-6-2-5-15/h3-4,7,9H,2,5-6,8,15H2,1H3,(H,16,17). The molecule has 18 heavy (non-hydrogen) atoms. The first-order chi connectivity index (χ1) is 8.70. The molecule has 4 heteroatoms. The third-order valence-corrected chi connectivity index (χ3v) is 2.86. The second kappa shape index (κ2) is 5.69. The lowest BCUT2D eigenvalue weighted by molar-refractivity contribution is -0.120. The second-order valence-electron chi connectivity index (χ2n) is 4.43. The molecule has 0 bridgehead atoms. The van der Waals surface area contributed by atoms with Crippen molar-refractivity contribution in [2.45, 2.75) is 19.8 Å². The average molecular weight is 246 g/mol. The fraction of sp³-hybridized carbons (Fsp3) is 0.357. The minimum atomic E-state index is 0.00709.